The van der Waals surface area contributed by atoms with Gasteiger partial charge in [0.2, 0.25) is 0 Å². The monoisotopic (exact) mass is 210 g/mol. The summed E-state index contributed by atoms with van der Waals surface area (Å²) in [6.07, 6.45) is 7.85. The minimum Gasteiger partial charge on any atom is -0.356 e. The highest BCUT2D eigenvalue weighted by atomic mass is 14.9. The summed E-state index contributed by atoms with van der Waals surface area (Å²) in [4.78, 5) is 0. The maximum Gasteiger partial charge on any atom is 0.0628 e. The molecule has 1 aliphatic carbocycles. The summed E-state index contributed by atoms with van der Waals surface area (Å²) in [6.45, 7) is 0. The lowest BCUT2D eigenvalue weighted by molar-refractivity contribution is 0.672. The van der Waals surface area contributed by atoms with E-state index in [-0.39, 0.29) is 0 Å². The van der Waals surface area contributed by atoms with Crippen LogP contribution in [0.1, 0.15) is 12.8 Å². The molecule has 2 rings (SSSR count). The number of rotatable bonds is 3. The minimum atomic E-state index is 0.381. The van der Waals surface area contributed by atoms with Gasteiger partial charge in [-0.25, -0.2) is 0 Å². The van der Waals surface area contributed by atoms with E-state index < -0.39 is 0 Å². The molecule has 2 nitrogen and oxygen atoms in total. The summed E-state index contributed by atoms with van der Waals surface area (Å²) in [5.41, 5.74) is 2.21. The highest BCUT2D eigenvalue weighted by Gasteiger charge is 2.07. The van der Waals surface area contributed by atoms with E-state index in [2.05, 4.69) is 29.6 Å². The fourth-order valence-electron chi connectivity index (χ4n) is 1.71. The molecule has 1 aromatic rings. The van der Waals surface area contributed by atoms with Crippen LogP contribution in [0.25, 0.3) is 0 Å². The van der Waals surface area contributed by atoms with Crippen LogP contribution in [0.15, 0.2) is 54.3 Å². The van der Waals surface area contributed by atoms with E-state index in [4.69, 9.17) is 5.26 Å². The largest absolute Gasteiger partial charge is 0.356 e. The summed E-state index contributed by atoms with van der Waals surface area (Å²) in [7, 11) is 0. The van der Waals surface area contributed by atoms with Crippen molar-refractivity contribution in [1.29, 1.82) is 5.26 Å². The van der Waals surface area contributed by atoms with Gasteiger partial charge in [0.1, 0.15) is 0 Å². The number of hydrogen-bond donors (Lipinski definition) is 1. The van der Waals surface area contributed by atoms with Crippen molar-refractivity contribution in [1.82, 2.24) is 0 Å². The molecule has 0 radical (unpaired) electrons. The first-order chi connectivity index (χ1) is 7.88. The van der Waals surface area contributed by atoms with Crippen LogP contribution in [0, 0.1) is 17.2 Å². The Morgan fingerprint density at radius 2 is 2.12 bits per heavy atom. The molecule has 0 spiro atoms. The lowest BCUT2D eigenvalue weighted by atomic mass is 9.97. The Labute approximate surface area is 95.9 Å². The van der Waals surface area contributed by atoms with E-state index >= 15 is 0 Å². The van der Waals surface area contributed by atoms with Crippen LogP contribution in [-0.2, 0) is 0 Å². The zero-order valence-electron chi connectivity index (χ0n) is 9.06. The predicted molar refractivity (Wildman–Crippen MR) is 65.6 cm³/mol. The lowest BCUT2D eigenvalue weighted by Crippen LogP contribution is -2.04. The molecule has 0 aliphatic heterocycles. The fourth-order valence-corrected chi connectivity index (χ4v) is 1.71. The van der Waals surface area contributed by atoms with Crippen molar-refractivity contribution < 1.29 is 0 Å². The first-order valence-corrected chi connectivity index (χ1v) is 5.46. The summed E-state index contributed by atoms with van der Waals surface area (Å²) in [5.74, 6) is 0.381. The second-order valence-electron chi connectivity index (χ2n) is 3.87. The summed E-state index contributed by atoms with van der Waals surface area (Å²) < 4.78 is 0. The average molecular weight is 210 g/mol. The molecule has 1 unspecified atom stereocenters. The third-order valence-electron chi connectivity index (χ3n) is 2.60. The van der Waals surface area contributed by atoms with E-state index in [0.29, 0.717) is 12.3 Å². The number of anilines is 1. The Morgan fingerprint density at radius 1 is 1.31 bits per heavy atom. The molecular weight excluding hydrogens is 196 g/mol. The smallest absolute Gasteiger partial charge is 0.0628 e. The molecule has 2 heteroatoms. The van der Waals surface area contributed by atoms with Crippen LogP contribution in [0.5, 0.6) is 0 Å². The molecule has 0 heterocycles. The zero-order valence-corrected chi connectivity index (χ0v) is 9.06. The second-order valence-corrected chi connectivity index (χ2v) is 3.87. The Hall–Kier alpha value is -2.01. The van der Waals surface area contributed by atoms with Crippen molar-refractivity contribution in [3.8, 4) is 6.07 Å². The molecule has 80 valence electrons. The van der Waals surface area contributed by atoms with Crippen molar-refractivity contribution in [3.63, 3.8) is 0 Å². The Kier molecular flexibility index (Phi) is 3.40. The number of para-hydroxylation sites is 1. The predicted octanol–water partition coefficient (Wildman–Crippen LogP) is 3.47. The summed E-state index contributed by atoms with van der Waals surface area (Å²) in [6, 6.07) is 12.3. The quantitative estimate of drug-likeness (QED) is 0.829. The molecular formula is C14H14N2. The third kappa shape index (κ3) is 2.74. The summed E-state index contributed by atoms with van der Waals surface area (Å²) in [5, 5.41) is 11.9. The molecule has 1 atom stereocenters. The van der Waals surface area contributed by atoms with Gasteiger partial charge in [-0.1, -0.05) is 30.4 Å². The van der Waals surface area contributed by atoms with Crippen LogP contribution in [0.3, 0.4) is 0 Å². The van der Waals surface area contributed by atoms with Crippen molar-refractivity contribution in [2.45, 2.75) is 12.8 Å². The number of hydrogen-bond acceptors (Lipinski definition) is 2. The minimum absolute atomic E-state index is 0.381. The van der Waals surface area contributed by atoms with Crippen molar-refractivity contribution in [3.05, 3.63) is 54.3 Å². The number of benzene rings is 1. The van der Waals surface area contributed by atoms with Gasteiger partial charge in [0.15, 0.2) is 0 Å². The van der Waals surface area contributed by atoms with E-state index in [1.165, 1.54) is 0 Å². The van der Waals surface area contributed by atoms with Gasteiger partial charge in [-0.2, -0.15) is 5.26 Å². The second kappa shape index (κ2) is 5.18. The fraction of sp³-hybridized carbons (Fsp3) is 0.214. The highest BCUT2D eigenvalue weighted by molar-refractivity contribution is 5.51. The summed E-state index contributed by atoms with van der Waals surface area (Å²) >= 11 is 0. The molecule has 0 aromatic heterocycles. The molecule has 1 aliphatic rings. The molecule has 0 amide bonds. The van der Waals surface area contributed by atoms with E-state index in [0.717, 1.165) is 17.8 Å². The number of allylic oxidation sites excluding steroid dienone is 3. The first kappa shape index (κ1) is 10.5. The molecule has 1 aromatic carbocycles. The van der Waals surface area contributed by atoms with Crippen LogP contribution in [-0.4, -0.2) is 0 Å². The molecule has 1 N–H and O–H groups in total. The Morgan fingerprint density at radius 3 is 2.75 bits per heavy atom. The first-order valence-electron chi connectivity index (χ1n) is 5.46. The van der Waals surface area contributed by atoms with Crippen molar-refractivity contribution >= 4 is 5.69 Å². The molecule has 0 saturated carbocycles. The van der Waals surface area contributed by atoms with Gasteiger partial charge < -0.3 is 5.32 Å². The molecule has 0 fully saturated rings. The van der Waals surface area contributed by atoms with Gasteiger partial charge in [-0.05, 0) is 30.5 Å². The number of nitriles is 1. The Bertz CT molecular complexity index is 438. The van der Waals surface area contributed by atoms with E-state index in [1.807, 2.05) is 30.3 Å². The van der Waals surface area contributed by atoms with Crippen molar-refractivity contribution in [2.24, 2.45) is 5.92 Å². The molecule has 0 saturated heterocycles. The number of nitrogens with one attached hydrogen (secondary N) is 1. The van der Waals surface area contributed by atoms with Gasteiger partial charge in [-0.3, -0.25) is 0 Å². The maximum absolute atomic E-state index is 8.60. The van der Waals surface area contributed by atoms with Gasteiger partial charge in [0.25, 0.3) is 0 Å². The van der Waals surface area contributed by atoms with E-state index in [9.17, 15) is 0 Å². The SMILES string of the molecule is N#CCC1C=CC(Nc2ccccc2)=CC1. The normalized spacial score (nSPS) is 18.7. The van der Waals surface area contributed by atoms with Crippen LogP contribution in [0.2, 0.25) is 0 Å². The van der Waals surface area contributed by atoms with Gasteiger partial charge in [0, 0.05) is 17.8 Å². The molecule has 0 bridgehead atoms. The third-order valence-corrected chi connectivity index (χ3v) is 2.60. The lowest BCUT2D eigenvalue weighted by Gasteiger charge is -2.14. The highest BCUT2D eigenvalue weighted by Crippen LogP contribution is 2.20. The van der Waals surface area contributed by atoms with Gasteiger partial charge >= 0.3 is 0 Å². The maximum atomic E-state index is 8.60. The van der Waals surface area contributed by atoms with Gasteiger partial charge in [-0.15, -0.1) is 0 Å². The molecule has 16 heavy (non-hydrogen) atoms. The topological polar surface area (TPSA) is 35.8 Å². The van der Waals surface area contributed by atoms with Gasteiger partial charge in [0.05, 0.1) is 6.07 Å². The van der Waals surface area contributed by atoms with Crippen molar-refractivity contribution in [2.75, 3.05) is 5.32 Å². The van der Waals surface area contributed by atoms with E-state index in [1.54, 1.807) is 0 Å². The zero-order chi connectivity index (χ0) is 11.2. The Balaban J connectivity index is 1.95. The van der Waals surface area contributed by atoms with Crippen LogP contribution >= 0.6 is 0 Å². The standard InChI is InChI=1S/C14H14N2/c15-11-10-12-6-8-14(9-7-12)16-13-4-2-1-3-5-13/h1-6,8-9,12,16H,7,10H2. The van der Waals surface area contributed by atoms with Crippen LogP contribution < -0.4 is 5.32 Å². The number of nitrogens with zero attached hydrogens (tertiary/aromatic N) is 1. The average Bonchev–Trinajstić information content (AvgIpc) is 2.33. The van der Waals surface area contributed by atoms with Crippen LogP contribution in [0.4, 0.5) is 5.69 Å².